The van der Waals surface area contributed by atoms with Crippen LogP contribution in [0.1, 0.15) is 29.7 Å². The van der Waals surface area contributed by atoms with Crippen LogP contribution in [-0.2, 0) is 4.74 Å². The van der Waals surface area contributed by atoms with Crippen LogP contribution in [0.5, 0.6) is 0 Å². The van der Waals surface area contributed by atoms with Gasteiger partial charge in [-0.2, -0.15) is 0 Å². The second-order valence-corrected chi connectivity index (χ2v) is 5.33. The molecule has 0 bridgehead atoms. The summed E-state index contributed by atoms with van der Waals surface area (Å²) in [5, 5.41) is 3.59. The summed E-state index contributed by atoms with van der Waals surface area (Å²) in [7, 11) is 3.87. The molecule has 0 aliphatic heterocycles. The monoisotopic (exact) mass is 264 g/mol. The van der Waals surface area contributed by atoms with E-state index < -0.39 is 0 Å². The minimum Gasteiger partial charge on any atom is -0.383 e. The summed E-state index contributed by atoms with van der Waals surface area (Å²) >= 11 is 0. The van der Waals surface area contributed by atoms with Crippen molar-refractivity contribution in [2.24, 2.45) is 0 Å². The van der Waals surface area contributed by atoms with Gasteiger partial charge in [-0.3, -0.25) is 0 Å². The molecular weight excluding hydrogens is 236 g/mol. The van der Waals surface area contributed by atoms with E-state index in [0.717, 1.165) is 26.2 Å². The van der Waals surface area contributed by atoms with Crippen LogP contribution in [0, 0.1) is 13.8 Å². The molecule has 0 saturated heterocycles. The lowest BCUT2D eigenvalue weighted by molar-refractivity contribution is 0.161. The Morgan fingerprint density at radius 2 is 2.00 bits per heavy atom. The van der Waals surface area contributed by atoms with E-state index in [1.165, 1.54) is 16.7 Å². The zero-order valence-electron chi connectivity index (χ0n) is 13.0. The molecule has 0 spiro atoms. The number of likely N-dealkylation sites (N-methyl/N-ethyl adjacent to an activating group) is 1. The molecule has 0 saturated carbocycles. The maximum Gasteiger partial charge on any atom is 0.0589 e. The third-order valence-corrected chi connectivity index (χ3v) is 3.52. The van der Waals surface area contributed by atoms with Crippen molar-refractivity contribution in [3.8, 4) is 0 Å². The van der Waals surface area contributed by atoms with Crippen molar-refractivity contribution in [1.29, 1.82) is 0 Å². The summed E-state index contributed by atoms with van der Waals surface area (Å²) in [6, 6.07) is 7.05. The molecule has 0 amide bonds. The number of hydrogen-bond acceptors (Lipinski definition) is 3. The molecule has 0 aliphatic carbocycles. The smallest absolute Gasteiger partial charge is 0.0589 e. The molecule has 0 aromatic heterocycles. The lowest BCUT2D eigenvalue weighted by Gasteiger charge is -2.20. The number of rotatable bonds is 8. The quantitative estimate of drug-likeness (QED) is 0.781. The molecule has 0 heterocycles. The molecule has 3 heteroatoms. The highest BCUT2D eigenvalue weighted by molar-refractivity contribution is 5.32. The number of nitrogens with one attached hydrogen (secondary N) is 1. The van der Waals surface area contributed by atoms with Gasteiger partial charge >= 0.3 is 0 Å². The van der Waals surface area contributed by atoms with E-state index in [2.05, 4.69) is 56.2 Å². The van der Waals surface area contributed by atoms with E-state index in [1.54, 1.807) is 7.11 Å². The largest absolute Gasteiger partial charge is 0.383 e. The maximum absolute atomic E-state index is 5.08. The Hall–Kier alpha value is -0.900. The molecule has 1 aromatic rings. The standard InChI is InChI=1S/C16H28N2O/c1-13-6-7-14(2)16(12-13)15(3)17-8-9-18(4)10-11-19-5/h6-7,12,15,17H,8-11H2,1-5H3. The summed E-state index contributed by atoms with van der Waals surface area (Å²) < 4.78 is 5.08. The van der Waals surface area contributed by atoms with Crippen LogP contribution >= 0.6 is 0 Å². The van der Waals surface area contributed by atoms with Gasteiger partial charge in [-0.05, 0) is 38.9 Å². The number of methoxy groups -OCH3 is 1. The van der Waals surface area contributed by atoms with Gasteiger partial charge in [0.1, 0.15) is 0 Å². The lowest BCUT2D eigenvalue weighted by atomic mass is 10.00. The summed E-state index contributed by atoms with van der Waals surface area (Å²) in [6.45, 7) is 10.4. The maximum atomic E-state index is 5.08. The fourth-order valence-corrected chi connectivity index (χ4v) is 2.17. The Morgan fingerprint density at radius 3 is 2.68 bits per heavy atom. The average molecular weight is 264 g/mol. The molecule has 19 heavy (non-hydrogen) atoms. The van der Waals surface area contributed by atoms with Crippen molar-refractivity contribution >= 4 is 0 Å². The first kappa shape index (κ1) is 16.2. The van der Waals surface area contributed by atoms with Crippen molar-refractivity contribution in [3.05, 3.63) is 34.9 Å². The van der Waals surface area contributed by atoms with Crippen molar-refractivity contribution in [1.82, 2.24) is 10.2 Å². The van der Waals surface area contributed by atoms with Crippen molar-refractivity contribution < 1.29 is 4.74 Å². The van der Waals surface area contributed by atoms with Gasteiger partial charge in [0.25, 0.3) is 0 Å². The Morgan fingerprint density at radius 1 is 1.26 bits per heavy atom. The molecule has 1 N–H and O–H groups in total. The molecule has 0 fully saturated rings. The van der Waals surface area contributed by atoms with Gasteiger partial charge in [0.2, 0.25) is 0 Å². The molecule has 1 atom stereocenters. The van der Waals surface area contributed by atoms with Gasteiger partial charge in [-0.1, -0.05) is 23.8 Å². The molecule has 1 unspecified atom stereocenters. The van der Waals surface area contributed by atoms with E-state index in [4.69, 9.17) is 4.74 Å². The highest BCUT2D eigenvalue weighted by Crippen LogP contribution is 2.18. The Bertz CT molecular complexity index is 379. The number of ether oxygens (including phenoxy) is 1. The van der Waals surface area contributed by atoms with Gasteiger partial charge < -0.3 is 15.0 Å². The molecule has 108 valence electrons. The Kier molecular flexibility index (Phi) is 7.06. The van der Waals surface area contributed by atoms with Crippen LogP contribution in [0.4, 0.5) is 0 Å². The van der Waals surface area contributed by atoms with Crippen LogP contribution in [0.2, 0.25) is 0 Å². The third kappa shape index (κ3) is 5.72. The number of aryl methyl sites for hydroxylation is 2. The summed E-state index contributed by atoms with van der Waals surface area (Å²) in [5.74, 6) is 0. The zero-order chi connectivity index (χ0) is 14.3. The lowest BCUT2D eigenvalue weighted by Crippen LogP contribution is -2.32. The van der Waals surface area contributed by atoms with E-state index in [-0.39, 0.29) is 0 Å². The number of hydrogen-bond donors (Lipinski definition) is 1. The predicted octanol–water partition coefficient (Wildman–Crippen LogP) is 2.53. The average Bonchev–Trinajstić information content (AvgIpc) is 2.39. The molecule has 0 radical (unpaired) electrons. The fraction of sp³-hybridized carbons (Fsp3) is 0.625. The van der Waals surface area contributed by atoms with Gasteiger partial charge in [0.15, 0.2) is 0 Å². The van der Waals surface area contributed by atoms with Crippen molar-refractivity contribution in [3.63, 3.8) is 0 Å². The summed E-state index contributed by atoms with van der Waals surface area (Å²) in [6.07, 6.45) is 0. The SMILES string of the molecule is COCCN(C)CCNC(C)c1cc(C)ccc1C. The van der Waals surface area contributed by atoms with Gasteiger partial charge in [-0.25, -0.2) is 0 Å². The minimum absolute atomic E-state index is 0.399. The predicted molar refractivity (Wildman–Crippen MR) is 81.7 cm³/mol. The second kappa shape index (κ2) is 8.31. The first-order valence-electron chi connectivity index (χ1n) is 7.02. The van der Waals surface area contributed by atoms with Crippen molar-refractivity contribution in [2.75, 3.05) is 40.4 Å². The second-order valence-electron chi connectivity index (χ2n) is 5.33. The topological polar surface area (TPSA) is 24.5 Å². The normalized spacial score (nSPS) is 12.9. The number of benzene rings is 1. The molecular formula is C16H28N2O. The highest BCUT2D eigenvalue weighted by Gasteiger charge is 2.08. The van der Waals surface area contributed by atoms with Gasteiger partial charge in [-0.15, -0.1) is 0 Å². The van der Waals surface area contributed by atoms with Gasteiger partial charge in [0, 0.05) is 32.8 Å². The van der Waals surface area contributed by atoms with E-state index in [9.17, 15) is 0 Å². The Labute approximate surface area is 118 Å². The molecule has 3 nitrogen and oxygen atoms in total. The van der Waals surface area contributed by atoms with Crippen LogP contribution in [-0.4, -0.2) is 45.3 Å². The van der Waals surface area contributed by atoms with E-state index >= 15 is 0 Å². The van der Waals surface area contributed by atoms with Crippen LogP contribution in [0.15, 0.2) is 18.2 Å². The fourth-order valence-electron chi connectivity index (χ4n) is 2.17. The van der Waals surface area contributed by atoms with E-state index in [0.29, 0.717) is 6.04 Å². The van der Waals surface area contributed by atoms with Crippen molar-refractivity contribution in [2.45, 2.75) is 26.8 Å². The van der Waals surface area contributed by atoms with Crippen LogP contribution in [0.25, 0.3) is 0 Å². The van der Waals surface area contributed by atoms with E-state index in [1.807, 2.05) is 0 Å². The van der Waals surface area contributed by atoms with Crippen LogP contribution < -0.4 is 5.32 Å². The highest BCUT2D eigenvalue weighted by atomic mass is 16.5. The molecule has 1 aromatic carbocycles. The molecule has 0 aliphatic rings. The first-order chi connectivity index (χ1) is 9.04. The number of nitrogens with zero attached hydrogens (tertiary/aromatic N) is 1. The zero-order valence-corrected chi connectivity index (χ0v) is 13.0. The molecule has 1 rings (SSSR count). The first-order valence-corrected chi connectivity index (χ1v) is 7.02. The Balaban J connectivity index is 2.38. The van der Waals surface area contributed by atoms with Crippen LogP contribution in [0.3, 0.4) is 0 Å². The third-order valence-electron chi connectivity index (χ3n) is 3.52. The summed E-state index contributed by atoms with van der Waals surface area (Å²) in [5.41, 5.74) is 4.09. The van der Waals surface area contributed by atoms with Gasteiger partial charge in [0.05, 0.1) is 6.61 Å². The summed E-state index contributed by atoms with van der Waals surface area (Å²) in [4.78, 5) is 2.28. The minimum atomic E-state index is 0.399.